The molecule has 0 radical (unpaired) electrons. The van der Waals surface area contributed by atoms with E-state index in [0.29, 0.717) is 24.5 Å². The summed E-state index contributed by atoms with van der Waals surface area (Å²) in [5.74, 6) is 0.896. The molecule has 5 nitrogen and oxygen atoms in total. The van der Waals surface area contributed by atoms with E-state index in [1.54, 1.807) is 11.8 Å². The van der Waals surface area contributed by atoms with Gasteiger partial charge in [0.05, 0.1) is 12.4 Å². The van der Waals surface area contributed by atoms with E-state index in [0.717, 1.165) is 13.1 Å². The number of carbonyl (C=O) groups excluding carboxylic acids is 2. The van der Waals surface area contributed by atoms with Crippen molar-refractivity contribution in [2.24, 2.45) is 5.73 Å². The van der Waals surface area contributed by atoms with Gasteiger partial charge < -0.3 is 15.4 Å². The molecule has 18 heavy (non-hydrogen) atoms. The van der Waals surface area contributed by atoms with Gasteiger partial charge >= 0.3 is 5.97 Å². The van der Waals surface area contributed by atoms with Crippen LogP contribution in [-0.4, -0.2) is 54.0 Å². The zero-order valence-corrected chi connectivity index (χ0v) is 12.3. The molecule has 0 heterocycles. The third kappa shape index (κ3) is 6.86. The van der Waals surface area contributed by atoms with Crippen molar-refractivity contribution in [2.75, 3.05) is 31.2 Å². The Balaban J connectivity index is 3.73. The Morgan fingerprint density at radius 3 is 2.39 bits per heavy atom. The number of nitrogens with two attached hydrogens (primary N) is 1. The van der Waals surface area contributed by atoms with Crippen LogP contribution in [0.1, 0.15) is 27.2 Å². The summed E-state index contributed by atoms with van der Waals surface area (Å²) in [7, 11) is 0. The fourth-order valence-corrected chi connectivity index (χ4v) is 2.33. The topological polar surface area (TPSA) is 72.6 Å². The average Bonchev–Trinajstić information content (AvgIpc) is 2.36. The highest BCUT2D eigenvalue weighted by Crippen LogP contribution is 2.07. The summed E-state index contributed by atoms with van der Waals surface area (Å²) in [4.78, 5) is 24.7. The standard InChI is InChI=1S/C12H24N2O3S/c1-4-14(5-2)11(15)9-18-8-7-10(13)12(16)17-6-3/h10H,4-9,13H2,1-3H3. The Morgan fingerprint density at radius 2 is 1.89 bits per heavy atom. The number of thioether (sulfide) groups is 1. The molecule has 1 atom stereocenters. The first kappa shape index (κ1) is 17.2. The average molecular weight is 276 g/mol. The summed E-state index contributed by atoms with van der Waals surface area (Å²) in [6.45, 7) is 7.49. The molecule has 0 aromatic rings. The summed E-state index contributed by atoms with van der Waals surface area (Å²) in [5.41, 5.74) is 5.65. The van der Waals surface area contributed by atoms with Crippen molar-refractivity contribution >= 4 is 23.6 Å². The summed E-state index contributed by atoms with van der Waals surface area (Å²) in [6.07, 6.45) is 0.537. The molecular weight excluding hydrogens is 252 g/mol. The first-order chi connectivity index (χ1) is 8.56. The summed E-state index contributed by atoms with van der Waals surface area (Å²) in [5, 5.41) is 0. The Bertz CT molecular complexity index is 258. The maximum absolute atomic E-state index is 11.7. The van der Waals surface area contributed by atoms with Gasteiger partial charge in [0, 0.05) is 13.1 Å². The Kier molecular flexibility index (Phi) is 9.77. The molecule has 0 aromatic heterocycles. The van der Waals surface area contributed by atoms with Crippen LogP contribution in [0.25, 0.3) is 0 Å². The minimum atomic E-state index is -0.582. The maximum atomic E-state index is 11.7. The van der Waals surface area contributed by atoms with Gasteiger partial charge in [0.2, 0.25) is 5.91 Å². The van der Waals surface area contributed by atoms with Crippen molar-refractivity contribution in [3.8, 4) is 0 Å². The third-order valence-corrected chi connectivity index (χ3v) is 3.48. The van der Waals surface area contributed by atoms with E-state index in [1.807, 2.05) is 13.8 Å². The molecule has 6 heteroatoms. The maximum Gasteiger partial charge on any atom is 0.322 e. The Hall–Kier alpha value is -0.750. The summed E-state index contributed by atoms with van der Waals surface area (Å²) in [6, 6.07) is -0.582. The van der Waals surface area contributed by atoms with E-state index >= 15 is 0 Å². The minimum Gasteiger partial charge on any atom is -0.465 e. The van der Waals surface area contributed by atoms with E-state index in [-0.39, 0.29) is 11.9 Å². The van der Waals surface area contributed by atoms with Crippen LogP contribution in [0.15, 0.2) is 0 Å². The lowest BCUT2D eigenvalue weighted by atomic mass is 10.2. The molecule has 1 amide bonds. The number of hydrogen-bond donors (Lipinski definition) is 1. The van der Waals surface area contributed by atoms with Crippen molar-refractivity contribution < 1.29 is 14.3 Å². The summed E-state index contributed by atoms with van der Waals surface area (Å²) >= 11 is 1.51. The molecular formula is C12H24N2O3S. The van der Waals surface area contributed by atoms with Gasteiger partial charge in [0.25, 0.3) is 0 Å². The number of hydrogen-bond acceptors (Lipinski definition) is 5. The van der Waals surface area contributed by atoms with Crippen molar-refractivity contribution in [1.29, 1.82) is 0 Å². The lowest BCUT2D eigenvalue weighted by Gasteiger charge is -2.18. The molecule has 0 aliphatic heterocycles. The van der Waals surface area contributed by atoms with Crippen LogP contribution >= 0.6 is 11.8 Å². The van der Waals surface area contributed by atoms with Crippen molar-refractivity contribution in [1.82, 2.24) is 4.90 Å². The Morgan fingerprint density at radius 1 is 1.28 bits per heavy atom. The fraction of sp³-hybridized carbons (Fsp3) is 0.833. The second-order valence-electron chi connectivity index (χ2n) is 3.77. The van der Waals surface area contributed by atoms with Gasteiger partial charge in [-0.2, -0.15) is 11.8 Å². The van der Waals surface area contributed by atoms with Gasteiger partial charge in [0.15, 0.2) is 0 Å². The van der Waals surface area contributed by atoms with Crippen LogP contribution in [0, 0.1) is 0 Å². The zero-order valence-electron chi connectivity index (χ0n) is 11.5. The molecule has 0 fully saturated rings. The molecule has 0 spiro atoms. The first-order valence-electron chi connectivity index (χ1n) is 6.34. The van der Waals surface area contributed by atoms with Crippen LogP contribution in [-0.2, 0) is 14.3 Å². The van der Waals surface area contributed by atoms with E-state index in [4.69, 9.17) is 10.5 Å². The first-order valence-corrected chi connectivity index (χ1v) is 7.49. The third-order valence-electron chi connectivity index (χ3n) is 2.50. The predicted molar refractivity (Wildman–Crippen MR) is 74.5 cm³/mol. The second-order valence-corrected chi connectivity index (χ2v) is 4.87. The van der Waals surface area contributed by atoms with Gasteiger partial charge in [-0.15, -0.1) is 0 Å². The van der Waals surface area contributed by atoms with Crippen LogP contribution in [0.2, 0.25) is 0 Å². The molecule has 0 aliphatic rings. The smallest absolute Gasteiger partial charge is 0.322 e. The summed E-state index contributed by atoms with van der Waals surface area (Å²) < 4.78 is 4.81. The van der Waals surface area contributed by atoms with Crippen molar-refractivity contribution in [3.05, 3.63) is 0 Å². The molecule has 0 saturated heterocycles. The highest BCUT2D eigenvalue weighted by atomic mass is 32.2. The van der Waals surface area contributed by atoms with E-state index in [9.17, 15) is 9.59 Å². The molecule has 0 aliphatic carbocycles. The van der Waals surface area contributed by atoms with Crippen LogP contribution < -0.4 is 5.73 Å². The van der Waals surface area contributed by atoms with E-state index in [2.05, 4.69) is 0 Å². The van der Waals surface area contributed by atoms with Crippen molar-refractivity contribution in [2.45, 2.75) is 33.2 Å². The van der Waals surface area contributed by atoms with Gasteiger partial charge in [-0.3, -0.25) is 9.59 Å². The fourth-order valence-electron chi connectivity index (χ4n) is 1.40. The van der Waals surface area contributed by atoms with E-state index < -0.39 is 6.04 Å². The van der Waals surface area contributed by atoms with Crippen molar-refractivity contribution in [3.63, 3.8) is 0 Å². The number of esters is 1. The van der Waals surface area contributed by atoms with Crippen LogP contribution in [0.4, 0.5) is 0 Å². The predicted octanol–water partition coefficient (Wildman–Crippen LogP) is 0.869. The number of ether oxygens (including phenoxy) is 1. The molecule has 0 saturated carbocycles. The molecule has 2 N–H and O–H groups in total. The molecule has 0 bridgehead atoms. The number of rotatable bonds is 9. The SMILES string of the molecule is CCOC(=O)C(N)CCSCC(=O)N(CC)CC. The van der Waals surface area contributed by atoms with Gasteiger partial charge in [-0.25, -0.2) is 0 Å². The largest absolute Gasteiger partial charge is 0.465 e. The molecule has 0 rings (SSSR count). The number of amides is 1. The lowest BCUT2D eigenvalue weighted by molar-refractivity contribution is -0.144. The van der Waals surface area contributed by atoms with E-state index in [1.165, 1.54) is 11.8 Å². The quantitative estimate of drug-likeness (QED) is 0.500. The monoisotopic (exact) mass is 276 g/mol. The zero-order chi connectivity index (χ0) is 14.0. The minimum absolute atomic E-state index is 0.134. The van der Waals surface area contributed by atoms with Gasteiger partial charge in [-0.1, -0.05) is 0 Å². The molecule has 106 valence electrons. The number of carbonyl (C=O) groups is 2. The highest BCUT2D eigenvalue weighted by molar-refractivity contribution is 7.99. The lowest BCUT2D eigenvalue weighted by Crippen LogP contribution is -2.33. The molecule has 0 aromatic carbocycles. The van der Waals surface area contributed by atoms with Gasteiger partial charge in [-0.05, 0) is 32.9 Å². The number of nitrogens with zero attached hydrogens (tertiary/aromatic N) is 1. The van der Waals surface area contributed by atoms with Crippen LogP contribution in [0.3, 0.4) is 0 Å². The van der Waals surface area contributed by atoms with Gasteiger partial charge in [0.1, 0.15) is 6.04 Å². The van der Waals surface area contributed by atoms with Crippen LogP contribution in [0.5, 0.6) is 0 Å². The molecule has 1 unspecified atom stereocenters. The normalized spacial score (nSPS) is 12.0. The second kappa shape index (κ2) is 10.2. The highest BCUT2D eigenvalue weighted by Gasteiger charge is 2.15. The Labute approximate surface area is 113 Å².